The lowest BCUT2D eigenvalue weighted by atomic mass is 10.1. The number of rotatable bonds is 3. The van der Waals surface area contributed by atoms with Gasteiger partial charge in [-0.3, -0.25) is 9.78 Å². The highest BCUT2D eigenvalue weighted by atomic mass is 127. The van der Waals surface area contributed by atoms with Crippen LogP contribution in [0, 0.1) is 3.57 Å². The van der Waals surface area contributed by atoms with Crippen LogP contribution in [0.1, 0.15) is 28.0 Å². The van der Waals surface area contributed by atoms with Crippen LogP contribution in [0.25, 0.3) is 0 Å². The standard InChI is InChI=1S/C8H5ClF2INO/c9-1-5-6(8(10)11)7(12)4(3-14)2-13-5/h2-3,8H,1H2. The molecule has 0 fully saturated rings. The molecule has 14 heavy (non-hydrogen) atoms. The highest BCUT2D eigenvalue weighted by molar-refractivity contribution is 14.1. The molecule has 0 aromatic carbocycles. The number of hydrogen-bond donors (Lipinski definition) is 0. The van der Waals surface area contributed by atoms with Crippen molar-refractivity contribution in [2.45, 2.75) is 12.3 Å². The number of halogens is 4. The van der Waals surface area contributed by atoms with Gasteiger partial charge in [0, 0.05) is 15.3 Å². The molecule has 0 aliphatic heterocycles. The second-order valence-electron chi connectivity index (χ2n) is 2.44. The van der Waals surface area contributed by atoms with E-state index in [-0.39, 0.29) is 26.3 Å². The molecule has 76 valence electrons. The van der Waals surface area contributed by atoms with Crippen LogP contribution in [0.15, 0.2) is 6.20 Å². The fraction of sp³-hybridized carbons (Fsp3) is 0.250. The van der Waals surface area contributed by atoms with Crippen molar-refractivity contribution >= 4 is 40.5 Å². The van der Waals surface area contributed by atoms with Crippen LogP contribution < -0.4 is 0 Å². The number of aromatic nitrogens is 1. The summed E-state index contributed by atoms with van der Waals surface area (Å²) in [5, 5.41) is 0. The maximum Gasteiger partial charge on any atom is 0.266 e. The summed E-state index contributed by atoms with van der Waals surface area (Å²) >= 11 is 7.15. The monoisotopic (exact) mass is 331 g/mol. The lowest BCUT2D eigenvalue weighted by Gasteiger charge is -2.08. The van der Waals surface area contributed by atoms with Gasteiger partial charge in [0.2, 0.25) is 0 Å². The normalized spacial score (nSPS) is 10.6. The maximum absolute atomic E-state index is 12.6. The van der Waals surface area contributed by atoms with E-state index < -0.39 is 6.43 Å². The van der Waals surface area contributed by atoms with Crippen molar-refractivity contribution in [2.24, 2.45) is 0 Å². The molecule has 0 N–H and O–H groups in total. The number of nitrogens with zero attached hydrogens (tertiary/aromatic N) is 1. The zero-order chi connectivity index (χ0) is 10.7. The van der Waals surface area contributed by atoms with E-state index in [9.17, 15) is 13.6 Å². The number of carbonyl (C=O) groups is 1. The van der Waals surface area contributed by atoms with Crippen LogP contribution in [0.4, 0.5) is 8.78 Å². The van der Waals surface area contributed by atoms with E-state index in [1.54, 1.807) is 22.6 Å². The number of pyridine rings is 1. The lowest BCUT2D eigenvalue weighted by molar-refractivity contribution is 0.112. The number of aldehydes is 1. The fourth-order valence-corrected chi connectivity index (χ4v) is 1.99. The van der Waals surface area contributed by atoms with E-state index in [2.05, 4.69) is 4.98 Å². The third-order valence-corrected chi connectivity index (χ3v) is 3.09. The average Bonchev–Trinajstić information content (AvgIpc) is 2.16. The highest BCUT2D eigenvalue weighted by Crippen LogP contribution is 2.29. The minimum atomic E-state index is -2.66. The molecular formula is C8H5ClF2INO. The SMILES string of the molecule is O=Cc1cnc(CCl)c(C(F)F)c1I. The quantitative estimate of drug-likeness (QED) is 0.484. The highest BCUT2D eigenvalue weighted by Gasteiger charge is 2.19. The van der Waals surface area contributed by atoms with Crippen molar-refractivity contribution in [3.8, 4) is 0 Å². The summed E-state index contributed by atoms with van der Waals surface area (Å²) in [6.07, 6.45) is -0.917. The van der Waals surface area contributed by atoms with Crippen LogP contribution in [-0.2, 0) is 5.88 Å². The summed E-state index contributed by atoms with van der Waals surface area (Å²) < 4.78 is 25.4. The largest absolute Gasteiger partial charge is 0.298 e. The minimum absolute atomic E-state index is 0.0885. The van der Waals surface area contributed by atoms with Gasteiger partial charge >= 0.3 is 0 Å². The maximum atomic E-state index is 12.6. The first-order chi connectivity index (χ1) is 6.61. The van der Waals surface area contributed by atoms with Gasteiger partial charge in [-0.05, 0) is 22.6 Å². The zero-order valence-corrected chi connectivity index (χ0v) is 9.72. The van der Waals surface area contributed by atoms with Crippen LogP contribution in [0.3, 0.4) is 0 Å². The van der Waals surface area contributed by atoms with Crippen LogP contribution in [-0.4, -0.2) is 11.3 Å². The zero-order valence-electron chi connectivity index (χ0n) is 6.81. The molecule has 2 nitrogen and oxygen atoms in total. The van der Waals surface area contributed by atoms with E-state index in [4.69, 9.17) is 11.6 Å². The van der Waals surface area contributed by atoms with Crippen molar-refractivity contribution in [1.82, 2.24) is 4.98 Å². The number of carbonyl (C=O) groups excluding carboxylic acids is 1. The van der Waals surface area contributed by atoms with E-state index in [0.717, 1.165) is 0 Å². The summed E-state index contributed by atoms with van der Waals surface area (Å²) in [5.41, 5.74) is 0.0385. The molecule has 0 aliphatic carbocycles. The van der Waals surface area contributed by atoms with Gasteiger partial charge in [-0.15, -0.1) is 11.6 Å². The minimum Gasteiger partial charge on any atom is -0.298 e. The molecule has 1 rings (SSSR count). The Kier molecular flexibility index (Phi) is 4.18. The Bertz CT molecular complexity index is 359. The number of alkyl halides is 3. The molecule has 0 aliphatic rings. The van der Waals surface area contributed by atoms with Crippen LogP contribution in [0.5, 0.6) is 0 Å². The first-order valence-electron chi connectivity index (χ1n) is 3.58. The van der Waals surface area contributed by atoms with Crippen LogP contribution in [0.2, 0.25) is 0 Å². The van der Waals surface area contributed by atoms with Gasteiger partial charge in [0.25, 0.3) is 6.43 Å². The molecule has 0 bridgehead atoms. The molecule has 0 saturated carbocycles. The van der Waals surface area contributed by atoms with E-state index in [1.807, 2.05) is 0 Å². The Balaban J connectivity index is 3.38. The summed E-state index contributed by atoms with van der Waals surface area (Å²) in [5.74, 6) is -0.0885. The van der Waals surface area contributed by atoms with Gasteiger partial charge in [0.05, 0.1) is 17.1 Å². The van der Waals surface area contributed by atoms with Gasteiger partial charge in [0.1, 0.15) is 0 Å². The van der Waals surface area contributed by atoms with Gasteiger partial charge in [-0.1, -0.05) is 0 Å². The second kappa shape index (κ2) is 4.97. The first-order valence-corrected chi connectivity index (χ1v) is 5.19. The van der Waals surface area contributed by atoms with Gasteiger partial charge < -0.3 is 0 Å². The first kappa shape index (κ1) is 11.8. The molecule has 0 atom stereocenters. The van der Waals surface area contributed by atoms with Crippen molar-refractivity contribution in [3.05, 3.63) is 26.6 Å². The summed E-state index contributed by atoms with van der Waals surface area (Å²) in [6.45, 7) is 0. The number of hydrogen-bond acceptors (Lipinski definition) is 2. The average molecular weight is 331 g/mol. The Labute approximate surface area is 97.8 Å². The smallest absolute Gasteiger partial charge is 0.266 e. The molecule has 1 aromatic heterocycles. The molecule has 0 radical (unpaired) electrons. The van der Waals surface area contributed by atoms with Crippen LogP contribution >= 0.6 is 34.2 Å². The predicted molar refractivity (Wildman–Crippen MR) is 56.9 cm³/mol. The molecule has 0 saturated heterocycles. The summed E-state index contributed by atoms with van der Waals surface area (Å²) in [4.78, 5) is 14.2. The second-order valence-corrected chi connectivity index (χ2v) is 3.79. The molecule has 0 spiro atoms. The van der Waals surface area contributed by atoms with Crippen molar-refractivity contribution < 1.29 is 13.6 Å². The Morgan fingerprint density at radius 3 is 2.71 bits per heavy atom. The Morgan fingerprint density at radius 2 is 2.29 bits per heavy atom. The lowest BCUT2D eigenvalue weighted by Crippen LogP contribution is -2.03. The van der Waals surface area contributed by atoms with E-state index >= 15 is 0 Å². The topological polar surface area (TPSA) is 30.0 Å². The van der Waals surface area contributed by atoms with E-state index in [1.165, 1.54) is 6.20 Å². The third kappa shape index (κ3) is 2.20. The molecule has 0 amide bonds. The van der Waals surface area contributed by atoms with Crippen molar-refractivity contribution in [1.29, 1.82) is 0 Å². The van der Waals surface area contributed by atoms with Gasteiger partial charge in [-0.2, -0.15) is 0 Å². The van der Waals surface area contributed by atoms with Crippen molar-refractivity contribution in [3.63, 3.8) is 0 Å². The summed E-state index contributed by atoms with van der Waals surface area (Å²) in [6, 6.07) is 0. The molecule has 0 unspecified atom stereocenters. The third-order valence-electron chi connectivity index (χ3n) is 1.63. The summed E-state index contributed by atoms with van der Waals surface area (Å²) in [7, 11) is 0. The van der Waals surface area contributed by atoms with Gasteiger partial charge in [-0.25, -0.2) is 8.78 Å². The molecule has 1 heterocycles. The molecule has 1 aromatic rings. The van der Waals surface area contributed by atoms with Gasteiger partial charge in [0.15, 0.2) is 6.29 Å². The predicted octanol–water partition coefficient (Wildman–Crippen LogP) is 3.18. The Hall–Kier alpha value is -0.300. The Morgan fingerprint density at radius 1 is 1.64 bits per heavy atom. The fourth-order valence-electron chi connectivity index (χ4n) is 0.966. The van der Waals surface area contributed by atoms with E-state index in [0.29, 0.717) is 6.29 Å². The van der Waals surface area contributed by atoms with Crippen molar-refractivity contribution in [2.75, 3.05) is 0 Å². The molecule has 6 heteroatoms. The molecular weight excluding hydrogens is 326 g/mol.